The van der Waals surface area contributed by atoms with Crippen LogP contribution in [0.1, 0.15) is 16.7 Å². The molecule has 0 saturated heterocycles. The molecule has 0 radical (unpaired) electrons. The highest BCUT2D eigenvalue weighted by Gasteiger charge is 2.30. The third kappa shape index (κ3) is 7.37. The van der Waals surface area contributed by atoms with Crippen molar-refractivity contribution in [1.29, 1.82) is 0 Å². The number of alkyl halides is 3. The fourth-order valence-corrected chi connectivity index (χ4v) is 3.67. The topological polar surface area (TPSA) is 72.0 Å². The van der Waals surface area contributed by atoms with E-state index in [1.807, 2.05) is 36.4 Å². The van der Waals surface area contributed by atoms with Gasteiger partial charge in [0.1, 0.15) is 6.61 Å². The van der Waals surface area contributed by atoms with Gasteiger partial charge in [-0.1, -0.05) is 36.4 Å². The van der Waals surface area contributed by atoms with Crippen molar-refractivity contribution in [2.75, 3.05) is 19.0 Å². The van der Waals surface area contributed by atoms with Crippen LogP contribution in [0.5, 0.6) is 11.5 Å². The number of ether oxygens (including phenoxy) is 2. The van der Waals surface area contributed by atoms with Crippen molar-refractivity contribution in [3.05, 3.63) is 87.0 Å². The Morgan fingerprint density at radius 2 is 1.85 bits per heavy atom. The number of halogens is 4. The second-order valence-corrected chi connectivity index (χ2v) is 8.20. The number of benzene rings is 3. The summed E-state index contributed by atoms with van der Waals surface area (Å²) in [5.41, 5.74) is 3.41. The van der Waals surface area contributed by atoms with Gasteiger partial charge in [0.2, 0.25) is 0 Å². The molecule has 178 valence electrons. The third-order valence-electron chi connectivity index (χ3n) is 4.52. The van der Waals surface area contributed by atoms with E-state index < -0.39 is 17.6 Å². The monoisotopic (exact) mass is 583 g/mol. The predicted molar refractivity (Wildman–Crippen MR) is 132 cm³/mol. The molecular weight excluding hydrogens is 562 g/mol. The smallest absolute Gasteiger partial charge is 0.416 e. The Bertz CT molecular complexity index is 1160. The number of hydrogen-bond acceptors (Lipinski definition) is 5. The number of hydrazone groups is 1. The lowest BCUT2D eigenvalue weighted by molar-refractivity contribution is -0.137. The van der Waals surface area contributed by atoms with E-state index >= 15 is 0 Å². The van der Waals surface area contributed by atoms with Crippen LogP contribution in [-0.4, -0.2) is 25.8 Å². The van der Waals surface area contributed by atoms with Gasteiger partial charge in [-0.15, -0.1) is 0 Å². The van der Waals surface area contributed by atoms with Gasteiger partial charge in [-0.3, -0.25) is 4.79 Å². The molecule has 3 rings (SSSR count). The van der Waals surface area contributed by atoms with Crippen molar-refractivity contribution in [2.24, 2.45) is 5.10 Å². The number of nitrogens with one attached hydrogen (secondary N) is 2. The number of hydrogen-bond donors (Lipinski definition) is 2. The third-order valence-corrected chi connectivity index (χ3v) is 5.32. The van der Waals surface area contributed by atoms with E-state index in [9.17, 15) is 18.0 Å². The molecule has 0 bridgehead atoms. The summed E-state index contributed by atoms with van der Waals surface area (Å²) in [4.78, 5) is 12.0. The molecule has 0 aliphatic carbocycles. The Kier molecular flexibility index (Phi) is 8.74. The van der Waals surface area contributed by atoms with E-state index in [1.54, 1.807) is 6.07 Å². The van der Waals surface area contributed by atoms with Gasteiger partial charge >= 0.3 is 6.18 Å². The zero-order valence-electron chi connectivity index (χ0n) is 18.0. The second kappa shape index (κ2) is 11.7. The first kappa shape index (κ1) is 25.3. The predicted octanol–water partition coefficient (Wildman–Crippen LogP) is 5.46. The average Bonchev–Trinajstić information content (AvgIpc) is 2.82. The maximum Gasteiger partial charge on any atom is 0.416 e. The fourth-order valence-electron chi connectivity index (χ4n) is 2.89. The minimum atomic E-state index is -4.45. The van der Waals surface area contributed by atoms with Crippen LogP contribution in [0.15, 0.2) is 71.8 Å². The molecule has 0 aliphatic heterocycles. The van der Waals surface area contributed by atoms with Crippen molar-refractivity contribution in [3.63, 3.8) is 0 Å². The van der Waals surface area contributed by atoms with E-state index in [1.165, 1.54) is 25.5 Å². The van der Waals surface area contributed by atoms with Crippen molar-refractivity contribution in [2.45, 2.75) is 12.8 Å². The van der Waals surface area contributed by atoms with Gasteiger partial charge in [-0.2, -0.15) is 18.3 Å². The second-order valence-electron chi connectivity index (χ2n) is 7.03. The van der Waals surface area contributed by atoms with Gasteiger partial charge in [0.15, 0.2) is 11.5 Å². The minimum absolute atomic E-state index is 0.180. The summed E-state index contributed by atoms with van der Waals surface area (Å²) < 4.78 is 50.5. The largest absolute Gasteiger partial charge is 0.493 e. The molecule has 34 heavy (non-hydrogen) atoms. The summed E-state index contributed by atoms with van der Waals surface area (Å²) >= 11 is 2.13. The Hall–Kier alpha value is -3.28. The summed E-state index contributed by atoms with van der Waals surface area (Å²) in [6.45, 7) is 0.140. The van der Waals surface area contributed by atoms with Gasteiger partial charge in [0.05, 0.1) is 29.0 Å². The maximum atomic E-state index is 12.8. The Morgan fingerprint density at radius 1 is 1.09 bits per heavy atom. The van der Waals surface area contributed by atoms with E-state index in [0.29, 0.717) is 23.7 Å². The average molecular weight is 583 g/mol. The van der Waals surface area contributed by atoms with E-state index in [0.717, 1.165) is 21.3 Å². The quantitative estimate of drug-likeness (QED) is 0.200. The number of amides is 1. The lowest BCUT2D eigenvalue weighted by Crippen LogP contribution is -2.26. The lowest BCUT2D eigenvalue weighted by Gasteiger charge is -2.13. The van der Waals surface area contributed by atoms with Gasteiger partial charge in [0.25, 0.3) is 5.91 Å². The molecule has 3 aromatic carbocycles. The SMILES string of the molecule is COc1cc(/C=N\NC(=O)CNc2cccc(C(F)(F)F)c2)cc(I)c1OCc1ccccc1. The van der Waals surface area contributed by atoms with Gasteiger partial charge < -0.3 is 14.8 Å². The normalized spacial score (nSPS) is 11.3. The Balaban J connectivity index is 1.56. The molecule has 0 fully saturated rings. The standard InChI is InChI=1S/C24H21F3IN3O3/c1-33-21-11-17(10-20(28)23(21)34-15-16-6-3-2-4-7-16)13-30-31-22(32)14-29-19-9-5-8-18(12-19)24(25,26)27/h2-13,29H,14-15H2,1H3,(H,31,32)/b30-13-. The molecule has 0 aromatic heterocycles. The fraction of sp³-hybridized carbons (Fsp3) is 0.167. The number of nitrogens with zero attached hydrogens (tertiary/aromatic N) is 1. The summed E-state index contributed by atoms with van der Waals surface area (Å²) in [5, 5.41) is 6.55. The van der Waals surface area contributed by atoms with Crippen LogP contribution in [0.3, 0.4) is 0 Å². The van der Waals surface area contributed by atoms with Crippen LogP contribution in [0.25, 0.3) is 0 Å². The van der Waals surface area contributed by atoms with Crippen LogP contribution < -0.4 is 20.2 Å². The van der Waals surface area contributed by atoms with E-state index in [4.69, 9.17) is 9.47 Å². The molecule has 3 aromatic rings. The number of carbonyl (C=O) groups is 1. The Morgan fingerprint density at radius 3 is 2.56 bits per heavy atom. The molecule has 0 spiro atoms. The highest BCUT2D eigenvalue weighted by molar-refractivity contribution is 14.1. The summed E-state index contributed by atoms with van der Waals surface area (Å²) in [6.07, 6.45) is -3.02. The molecule has 10 heteroatoms. The lowest BCUT2D eigenvalue weighted by atomic mass is 10.2. The van der Waals surface area contributed by atoms with Crippen molar-refractivity contribution < 1.29 is 27.4 Å². The Labute approximate surface area is 208 Å². The van der Waals surface area contributed by atoms with E-state index in [2.05, 4.69) is 38.4 Å². The first-order valence-electron chi connectivity index (χ1n) is 10.0. The number of anilines is 1. The molecule has 0 atom stereocenters. The van der Waals surface area contributed by atoms with Crippen LogP contribution in [-0.2, 0) is 17.6 Å². The zero-order valence-corrected chi connectivity index (χ0v) is 20.2. The number of methoxy groups -OCH3 is 1. The molecule has 0 aliphatic rings. The number of rotatable bonds is 9. The molecular formula is C24H21F3IN3O3. The first-order valence-corrected chi connectivity index (χ1v) is 11.1. The molecule has 2 N–H and O–H groups in total. The van der Waals surface area contributed by atoms with Crippen molar-refractivity contribution in [3.8, 4) is 11.5 Å². The molecule has 6 nitrogen and oxygen atoms in total. The zero-order chi connectivity index (χ0) is 24.6. The molecule has 0 heterocycles. The first-order chi connectivity index (χ1) is 16.3. The van der Waals surface area contributed by atoms with Crippen LogP contribution >= 0.6 is 22.6 Å². The maximum absolute atomic E-state index is 12.8. The van der Waals surface area contributed by atoms with E-state index in [-0.39, 0.29) is 12.2 Å². The van der Waals surface area contributed by atoms with Crippen molar-refractivity contribution in [1.82, 2.24) is 5.43 Å². The summed E-state index contributed by atoms with van der Waals surface area (Å²) in [6, 6.07) is 17.9. The van der Waals surface area contributed by atoms with Crippen LogP contribution in [0.4, 0.5) is 18.9 Å². The molecule has 0 saturated carbocycles. The minimum Gasteiger partial charge on any atom is -0.493 e. The van der Waals surface area contributed by atoms with Crippen molar-refractivity contribution >= 4 is 40.4 Å². The summed E-state index contributed by atoms with van der Waals surface area (Å²) in [7, 11) is 1.53. The van der Waals surface area contributed by atoms with Crippen LogP contribution in [0.2, 0.25) is 0 Å². The van der Waals surface area contributed by atoms with Crippen LogP contribution in [0, 0.1) is 3.57 Å². The molecule has 0 unspecified atom stereocenters. The number of carbonyl (C=O) groups excluding carboxylic acids is 1. The molecule has 1 amide bonds. The summed E-state index contributed by atoms with van der Waals surface area (Å²) in [5.74, 6) is 0.596. The van der Waals surface area contributed by atoms with Gasteiger partial charge in [0, 0.05) is 5.69 Å². The van der Waals surface area contributed by atoms with Gasteiger partial charge in [-0.25, -0.2) is 5.43 Å². The highest BCUT2D eigenvalue weighted by Crippen LogP contribution is 2.34. The van der Waals surface area contributed by atoms with Gasteiger partial charge in [-0.05, 0) is 64.0 Å². The highest BCUT2D eigenvalue weighted by atomic mass is 127.